The van der Waals surface area contributed by atoms with Crippen molar-refractivity contribution >= 4 is 50.5 Å². The van der Waals surface area contributed by atoms with Gasteiger partial charge in [0.25, 0.3) is 15.9 Å². The summed E-state index contributed by atoms with van der Waals surface area (Å²) in [6.07, 6.45) is 0. The van der Waals surface area contributed by atoms with E-state index in [9.17, 15) is 17.6 Å². The molecule has 0 fully saturated rings. The predicted octanol–water partition coefficient (Wildman–Crippen LogP) is 5.49. The Bertz CT molecular complexity index is 1200. The maximum Gasteiger partial charge on any atom is 0.262 e. The van der Waals surface area contributed by atoms with Crippen LogP contribution in [0.25, 0.3) is 0 Å². The lowest BCUT2D eigenvalue weighted by molar-refractivity contribution is 0.102. The van der Waals surface area contributed by atoms with E-state index in [0.717, 1.165) is 12.1 Å². The number of halogens is 3. The fourth-order valence-corrected chi connectivity index (χ4v) is 4.37. The molecule has 0 atom stereocenters. The van der Waals surface area contributed by atoms with Crippen LogP contribution in [-0.4, -0.2) is 14.3 Å². The van der Waals surface area contributed by atoms with Crippen molar-refractivity contribution in [1.82, 2.24) is 0 Å². The standard InChI is InChI=1S/C20H15Cl2FN2O3S/c1-12-5-7-15(24-20(26)17-8-6-14(23)10-18(17)22)11-19(12)29(27,28)25-16-4-2-3-13(21)9-16/h2-11,25H,1H3,(H,24,26). The molecule has 0 unspecified atom stereocenters. The maximum atomic E-state index is 13.2. The highest BCUT2D eigenvalue weighted by molar-refractivity contribution is 7.92. The van der Waals surface area contributed by atoms with E-state index in [-0.39, 0.29) is 21.2 Å². The lowest BCUT2D eigenvalue weighted by atomic mass is 10.2. The van der Waals surface area contributed by atoms with Crippen LogP contribution in [0, 0.1) is 12.7 Å². The van der Waals surface area contributed by atoms with Gasteiger partial charge in [0.15, 0.2) is 0 Å². The van der Waals surface area contributed by atoms with Crippen LogP contribution in [0.1, 0.15) is 15.9 Å². The Morgan fingerprint density at radius 2 is 1.72 bits per heavy atom. The Labute approximate surface area is 177 Å². The molecular formula is C20H15Cl2FN2O3S. The average Bonchev–Trinajstić information content (AvgIpc) is 2.62. The molecule has 9 heteroatoms. The molecule has 3 aromatic rings. The topological polar surface area (TPSA) is 75.3 Å². The van der Waals surface area contributed by atoms with Gasteiger partial charge in [-0.3, -0.25) is 9.52 Å². The molecule has 150 valence electrons. The average molecular weight is 453 g/mol. The maximum absolute atomic E-state index is 13.2. The number of aryl methyl sites for hydroxylation is 1. The number of hydrogen-bond acceptors (Lipinski definition) is 3. The molecule has 0 heterocycles. The third kappa shape index (κ3) is 5.06. The first kappa shape index (κ1) is 21.1. The lowest BCUT2D eigenvalue weighted by Gasteiger charge is -2.13. The van der Waals surface area contributed by atoms with Crippen molar-refractivity contribution in [3.8, 4) is 0 Å². The Balaban J connectivity index is 1.88. The van der Waals surface area contributed by atoms with Gasteiger partial charge in [-0.2, -0.15) is 0 Å². The number of carbonyl (C=O) groups is 1. The largest absolute Gasteiger partial charge is 0.322 e. The molecule has 0 aliphatic heterocycles. The zero-order valence-electron chi connectivity index (χ0n) is 15.0. The van der Waals surface area contributed by atoms with Gasteiger partial charge in [-0.1, -0.05) is 35.3 Å². The summed E-state index contributed by atoms with van der Waals surface area (Å²) in [4.78, 5) is 12.4. The van der Waals surface area contributed by atoms with Gasteiger partial charge in [-0.15, -0.1) is 0 Å². The molecule has 0 saturated carbocycles. The number of sulfonamides is 1. The second-order valence-electron chi connectivity index (χ2n) is 6.17. The molecule has 0 saturated heterocycles. The van der Waals surface area contributed by atoms with Crippen LogP contribution >= 0.6 is 23.2 Å². The van der Waals surface area contributed by atoms with Crippen LogP contribution in [0.3, 0.4) is 0 Å². The molecule has 29 heavy (non-hydrogen) atoms. The molecule has 0 spiro atoms. The van der Waals surface area contributed by atoms with E-state index in [4.69, 9.17) is 23.2 Å². The number of rotatable bonds is 5. The molecule has 3 aromatic carbocycles. The lowest BCUT2D eigenvalue weighted by Crippen LogP contribution is -2.16. The van der Waals surface area contributed by atoms with Gasteiger partial charge in [-0.05, 0) is 61.0 Å². The van der Waals surface area contributed by atoms with Crippen molar-refractivity contribution in [2.75, 3.05) is 10.0 Å². The second-order valence-corrected chi connectivity index (χ2v) is 8.67. The highest BCUT2D eigenvalue weighted by Crippen LogP contribution is 2.25. The van der Waals surface area contributed by atoms with Crippen LogP contribution in [0.2, 0.25) is 10.0 Å². The van der Waals surface area contributed by atoms with E-state index in [1.54, 1.807) is 37.3 Å². The van der Waals surface area contributed by atoms with Crippen molar-refractivity contribution in [3.63, 3.8) is 0 Å². The highest BCUT2D eigenvalue weighted by Gasteiger charge is 2.19. The predicted molar refractivity (Wildman–Crippen MR) is 113 cm³/mol. The van der Waals surface area contributed by atoms with E-state index in [1.165, 1.54) is 18.2 Å². The smallest absolute Gasteiger partial charge is 0.262 e. The molecule has 0 aliphatic carbocycles. The molecule has 2 N–H and O–H groups in total. The summed E-state index contributed by atoms with van der Waals surface area (Å²) in [5.41, 5.74) is 1.10. The molecular weight excluding hydrogens is 438 g/mol. The van der Waals surface area contributed by atoms with Crippen molar-refractivity contribution in [2.45, 2.75) is 11.8 Å². The molecule has 0 aromatic heterocycles. The second kappa shape index (κ2) is 8.41. The quantitative estimate of drug-likeness (QED) is 0.536. The van der Waals surface area contributed by atoms with Crippen molar-refractivity contribution < 1.29 is 17.6 Å². The summed E-state index contributed by atoms with van der Waals surface area (Å²) in [5.74, 6) is -1.16. The Hall–Kier alpha value is -2.61. The van der Waals surface area contributed by atoms with Gasteiger partial charge in [0.1, 0.15) is 5.82 Å². The van der Waals surface area contributed by atoms with E-state index >= 15 is 0 Å². The summed E-state index contributed by atoms with van der Waals surface area (Å²) in [6.45, 7) is 1.63. The van der Waals surface area contributed by atoms with Crippen LogP contribution in [0.15, 0.2) is 65.6 Å². The summed E-state index contributed by atoms with van der Waals surface area (Å²) >= 11 is 11.8. The first-order valence-electron chi connectivity index (χ1n) is 8.31. The van der Waals surface area contributed by atoms with Crippen LogP contribution in [0.5, 0.6) is 0 Å². The molecule has 5 nitrogen and oxygen atoms in total. The minimum absolute atomic E-state index is 0.0134. The fourth-order valence-electron chi connectivity index (χ4n) is 2.60. The number of nitrogens with one attached hydrogen (secondary N) is 2. The zero-order chi connectivity index (χ0) is 21.2. The molecule has 0 aliphatic rings. The summed E-state index contributed by atoms with van der Waals surface area (Å²) in [5, 5.41) is 2.91. The van der Waals surface area contributed by atoms with Crippen LogP contribution in [0.4, 0.5) is 15.8 Å². The van der Waals surface area contributed by atoms with Gasteiger partial charge in [-0.25, -0.2) is 12.8 Å². The third-order valence-electron chi connectivity index (χ3n) is 3.99. The fraction of sp³-hybridized carbons (Fsp3) is 0.0500. The molecule has 3 rings (SSSR count). The van der Waals surface area contributed by atoms with Gasteiger partial charge >= 0.3 is 0 Å². The van der Waals surface area contributed by atoms with Crippen molar-refractivity contribution in [2.24, 2.45) is 0 Å². The van der Waals surface area contributed by atoms with Gasteiger partial charge in [0.05, 0.1) is 21.2 Å². The summed E-state index contributed by atoms with van der Waals surface area (Å²) in [6, 6.07) is 14.1. The minimum atomic E-state index is -3.93. The Morgan fingerprint density at radius 1 is 0.966 bits per heavy atom. The number of amides is 1. The van der Waals surface area contributed by atoms with Crippen molar-refractivity contribution in [3.05, 3.63) is 87.7 Å². The highest BCUT2D eigenvalue weighted by atomic mass is 35.5. The Kier molecular flexibility index (Phi) is 6.12. The van der Waals surface area contributed by atoms with E-state index in [1.807, 2.05) is 0 Å². The Morgan fingerprint density at radius 3 is 2.41 bits per heavy atom. The SMILES string of the molecule is Cc1ccc(NC(=O)c2ccc(F)cc2Cl)cc1S(=O)(=O)Nc1cccc(Cl)c1. The first-order valence-corrected chi connectivity index (χ1v) is 10.5. The van der Waals surface area contributed by atoms with Crippen LogP contribution < -0.4 is 10.0 Å². The number of hydrogen-bond donors (Lipinski definition) is 2. The van der Waals surface area contributed by atoms with E-state index in [2.05, 4.69) is 10.0 Å². The van der Waals surface area contributed by atoms with Gasteiger partial charge in [0.2, 0.25) is 0 Å². The molecule has 0 radical (unpaired) electrons. The van der Waals surface area contributed by atoms with E-state index in [0.29, 0.717) is 16.3 Å². The number of anilines is 2. The zero-order valence-corrected chi connectivity index (χ0v) is 17.4. The van der Waals surface area contributed by atoms with Crippen molar-refractivity contribution in [1.29, 1.82) is 0 Å². The summed E-state index contributed by atoms with van der Waals surface area (Å²) in [7, 11) is -3.93. The van der Waals surface area contributed by atoms with Gasteiger partial charge < -0.3 is 5.32 Å². The first-order chi connectivity index (χ1) is 13.7. The summed E-state index contributed by atoms with van der Waals surface area (Å²) < 4.78 is 41.2. The monoisotopic (exact) mass is 452 g/mol. The normalized spacial score (nSPS) is 11.2. The van der Waals surface area contributed by atoms with Crippen LogP contribution in [-0.2, 0) is 10.0 Å². The molecule has 0 bridgehead atoms. The van der Waals surface area contributed by atoms with Gasteiger partial charge in [0, 0.05) is 10.7 Å². The molecule has 1 amide bonds. The number of benzene rings is 3. The minimum Gasteiger partial charge on any atom is -0.322 e. The third-order valence-corrected chi connectivity index (χ3v) is 6.06. The number of carbonyl (C=O) groups excluding carboxylic acids is 1. The van der Waals surface area contributed by atoms with E-state index < -0.39 is 21.7 Å².